The van der Waals surface area contributed by atoms with Gasteiger partial charge in [0.2, 0.25) is 0 Å². The number of alkyl halides is 3. The number of ether oxygens (including phenoxy) is 2. The molecular weight excluding hydrogens is 459 g/mol. The smallest absolute Gasteiger partial charge is 0.488 e. The molecule has 33 heavy (non-hydrogen) atoms. The molecule has 0 saturated carbocycles. The molecule has 1 amide bonds. The van der Waals surface area contributed by atoms with E-state index in [1.54, 1.807) is 18.2 Å². The number of amides is 1. The topological polar surface area (TPSA) is 86.5 Å². The Labute approximate surface area is 190 Å². The van der Waals surface area contributed by atoms with Crippen molar-refractivity contribution in [3.8, 4) is 11.5 Å². The Hall–Kier alpha value is -3.60. The molecule has 0 bridgehead atoms. The van der Waals surface area contributed by atoms with Crippen LogP contribution in [-0.2, 0) is 6.61 Å². The van der Waals surface area contributed by atoms with Crippen LogP contribution in [-0.4, -0.2) is 22.4 Å². The van der Waals surface area contributed by atoms with Crippen molar-refractivity contribution in [3.05, 3.63) is 64.5 Å². The van der Waals surface area contributed by atoms with Crippen LogP contribution in [0.3, 0.4) is 0 Å². The second-order valence-corrected chi connectivity index (χ2v) is 8.25. The summed E-state index contributed by atoms with van der Waals surface area (Å²) in [6.07, 6.45) is -4.78. The summed E-state index contributed by atoms with van der Waals surface area (Å²) in [5.74, 6) is 0.554. The van der Waals surface area contributed by atoms with Gasteiger partial charge in [0.05, 0.1) is 21.5 Å². The highest BCUT2D eigenvalue weighted by atomic mass is 32.1. The summed E-state index contributed by atoms with van der Waals surface area (Å²) in [6, 6.07) is 8.80. The number of benzene rings is 2. The van der Waals surface area contributed by atoms with Gasteiger partial charge in [0, 0.05) is 11.6 Å². The number of carbonyl (C=O) groups is 1. The van der Waals surface area contributed by atoms with E-state index in [1.165, 1.54) is 18.2 Å². The standard InChI is InChI=1S/C22H18F3N3O4S/c1-11-8-14(4-7-18(11)30-10-16-12(2)28-32-13(16)3)20(29)27-21-26-17-6-5-15(9-19(17)33-21)31-22(23,24)25/h4-9H,10H2,1-3H3,(H,26,27,29). The van der Waals surface area contributed by atoms with Crippen LogP contribution in [0.2, 0.25) is 0 Å². The average Bonchev–Trinajstić information content (AvgIpc) is 3.27. The highest BCUT2D eigenvalue weighted by Gasteiger charge is 2.31. The molecule has 0 spiro atoms. The summed E-state index contributed by atoms with van der Waals surface area (Å²) in [5.41, 5.74) is 3.22. The second-order valence-electron chi connectivity index (χ2n) is 7.22. The Morgan fingerprint density at radius 3 is 2.61 bits per heavy atom. The van der Waals surface area contributed by atoms with Crippen LogP contribution < -0.4 is 14.8 Å². The number of hydrogen-bond acceptors (Lipinski definition) is 7. The van der Waals surface area contributed by atoms with Gasteiger partial charge >= 0.3 is 6.36 Å². The summed E-state index contributed by atoms with van der Waals surface area (Å²) < 4.78 is 52.6. The molecule has 1 N–H and O–H groups in total. The van der Waals surface area contributed by atoms with Crippen LogP contribution in [0.5, 0.6) is 11.5 Å². The third-order valence-corrected chi connectivity index (χ3v) is 5.74. The lowest BCUT2D eigenvalue weighted by Gasteiger charge is -2.10. The van der Waals surface area contributed by atoms with Crippen molar-refractivity contribution in [2.45, 2.75) is 33.7 Å². The first-order chi connectivity index (χ1) is 15.6. The largest absolute Gasteiger partial charge is 0.573 e. The molecule has 2 heterocycles. The summed E-state index contributed by atoms with van der Waals surface area (Å²) in [7, 11) is 0. The lowest BCUT2D eigenvalue weighted by Crippen LogP contribution is -2.16. The zero-order valence-electron chi connectivity index (χ0n) is 17.7. The minimum Gasteiger partial charge on any atom is -0.488 e. The van der Waals surface area contributed by atoms with Gasteiger partial charge in [-0.2, -0.15) is 0 Å². The van der Waals surface area contributed by atoms with Crippen molar-refractivity contribution >= 4 is 32.6 Å². The molecule has 0 radical (unpaired) electrons. The van der Waals surface area contributed by atoms with Gasteiger partial charge in [-0.15, -0.1) is 13.2 Å². The predicted octanol–water partition coefficient (Wildman–Crippen LogP) is 5.94. The zero-order chi connectivity index (χ0) is 23.8. The number of halogens is 3. The van der Waals surface area contributed by atoms with E-state index >= 15 is 0 Å². The van der Waals surface area contributed by atoms with Crippen LogP contribution in [0.1, 0.15) is 32.9 Å². The number of aryl methyl sites for hydroxylation is 3. The second kappa shape index (κ2) is 8.74. The van der Waals surface area contributed by atoms with E-state index < -0.39 is 12.3 Å². The maximum Gasteiger partial charge on any atom is 0.573 e. The lowest BCUT2D eigenvalue weighted by molar-refractivity contribution is -0.274. The van der Waals surface area contributed by atoms with Gasteiger partial charge in [0.15, 0.2) is 5.13 Å². The molecule has 172 valence electrons. The van der Waals surface area contributed by atoms with E-state index in [0.29, 0.717) is 33.9 Å². The number of anilines is 1. The molecule has 0 fully saturated rings. The van der Waals surface area contributed by atoms with Crippen LogP contribution >= 0.6 is 11.3 Å². The van der Waals surface area contributed by atoms with Crippen molar-refractivity contribution < 1.29 is 32.0 Å². The lowest BCUT2D eigenvalue weighted by atomic mass is 10.1. The summed E-state index contributed by atoms with van der Waals surface area (Å²) in [4.78, 5) is 16.9. The average molecular weight is 477 g/mol. The molecule has 7 nitrogen and oxygen atoms in total. The van der Waals surface area contributed by atoms with Crippen LogP contribution in [0, 0.1) is 20.8 Å². The van der Waals surface area contributed by atoms with Gasteiger partial charge in [-0.05, 0) is 56.7 Å². The van der Waals surface area contributed by atoms with Gasteiger partial charge in [0.1, 0.15) is 23.9 Å². The first-order valence-electron chi connectivity index (χ1n) is 9.72. The SMILES string of the molecule is Cc1cc(C(=O)Nc2nc3ccc(OC(F)(F)F)cc3s2)ccc1OCc1c(C)noc1C. The zero-order valence-corrected chi connectivity index (χ0v) is 18.6. The van der Waals surface area contributed by atoms with E-state index in [-0.39, 0.29) is 10.9 Å². The predicted molar refractivity (Wildman–Crippen MR) is 116 cm³/mol. The Balaban J connectivity index is 1.44. The van der Waals surface area contributed by atoms with Crippen LogP contribution in [0.4, 0.5) is 18.3 Å². The Bertz CT molecular complexity index is 1310. The number of hydrogen-bond donors (Lipinski definition) is 1. The first kappa shape index (κ1) is 22.6. The van der Waals surface area contributed by atoms with Gasteiger partial charge in [0.25, 0.3) is 5.91 Å². The van der Waals surface area contributed by atoms with Gasteiger partial charge < -0.3 is 14.0 Å². The van der Waals surface area contributed by atoms with Crippen molar-refractivity contribution in [1.82, 2.24) is 10.1 Å². The fraction of sp³-hybridized carbons (Fsp3) is 0.227. The van der Waals surface area contributed by atoms with Crippen molar-refractivity contribution in [3.63, 3.8) is 0 Å². The molecule has 2 aromatic carbocycles. The Morgan fingerprint density at radius 1 is 1.15 bits per heavy atom. The van der Waals surface area contributed by atoms with Crippen LogP contribution in [0.15, 0.2) is 40.9 Å². The molecule has 0 aliphatic carbocycles. The monoisotopic (exact) mass is 477 g/mol. The molecule has 4 aromatic rings. The van der Waals surface area contributed by atoms with E-state index in [1.807, 2.05) is 20.8 Å². The maximum atomic E-state index is 12.7. The van der Waals surface area contributed by atoms with E-state index in [4.69, 9.17) is 9.26 Å². The number of carbonyl (C=O) groups excluding carboxylic acids is 1. The van der Waals surface area contributed by atoms with Crippen molar-refractivity contribution in [2.75, 3.05) is 5.32 Å². The first-order valence-corrected chi connectivity index (χ1v) is 10.5. The number of aromatic nitrogens is 2. The minimum atomic E-state index is -4.78. The normalized spacial score (nSPS) is 11.6. The fourth-order valence-corrected chi connectivity index (χ4v) is 4.02. The molecule has 0 aliphatic heterocycles. The highest BCUT2D eigenvalue weighted by Crippen LogP contribution is 2.32. The highest BCUT2D eigenvalue weighted by molar-refractivity contribution is 7.22. The molecule has 0 saturated heterocycles. The Kier molecular flexibility index (Phi) is 5.98. The van der Waals surface area contributed by atoms with Gasteiger partial charge in [-0.25, -0.2) is 4.98 Å². The molecule has 4 rings (SSSR count). The molecule has 0 atom stereocenters. The molecule has 2 aromatic heterocycles. The Morgan fingerprint density at radius 2 is 1.94 bits per heavy atom. The summed E-state index contributed by atoms with van der Waals surface area (Å²) in [6.45, 7) is 5.76. The number of nitrogens with one attached hydrogen (secondary N) is 1. The molecule has 0 unspecified atom stereocenters. The van der Waals surface area contributed by atoms with Gasteiger partial charge in [-0.3, -0.25) is 10.1 Å². The third kappa shape index (κ3) is 5.25. The fourth-order valence-electron chi connectivity index (χ4n) is 3.14. The molecule has 11 heteroatoms. The van der Waals surface area contributed by atoms with E-state index in [2.05, 4.69) is 20.2 Å². The number of fused-ring (bicyclic) bond motifs is 1. The van der Waals surface area contributed by atoms with E-state index in [9.17, 15) is 18.0 Å². The van der Waals surface area contributed by atoms with Crippen LogP contribution in [0.25, 0.3) is 10.2 Å². The van der Waals surface area contributed by atoms with Gasteiger partial charge in [-0.1, -0.05) is 16.5 Å². The van der Waals surface area contributed by atoms with Crippen molar-refractivity contribution in [2.24, 2.45) is 0 Å². The van der Waals surface area contributed by atoms with E-state index in [0.717, 1.165) is 28.2 Å². The third-order valence-electron chi connectivity index (χ3n) is 4.80. The quantitative estimate of drug-likeness (QED) is 0.370. The summed E-state index contributed by atoms with van der Waals surface area (Å²) in [5, 5.41) is 6.83. The molecular formula is C22H18F3N3O4S. The summed E-state index contributed by atoms with van der Waals surface area (Å²) >= 11 is 1.05. The number of rotatable bonds is 6. The number of nitrogens with zero attached hydrogens (tertiary/aromatic N) is 2. The number of thiazole rings is 1. The molecule has 0 aliphatic rings. The minimum absolute atomic E-state index is 0.260. The maximum absolute atomic E-state index is 12.7. The van der Waals surface area contributed by atoms with Crippen molar-refractivity contribution in [1.29, 1.82) is 0 Å².